The Morgan fingerprint density at radius 3 is 2.69 bits per heavy atom. The molecule has 2 fully saturated rings. The highest BCUT2D eigenvalue weighted by molar-refractivity contribution is 5.76. The van der Waals surface area contributed by atoms with E-state index < -0.39 is 0 Å². The molecule has 1 heterocycles. The van der Waals surface area contributed by atoms with Gasteiger partial charge < -0.3 is 15.4 Å². The normalized spacial score (nSPS) is 22.0. The second-order valence-electron chi connectivity index (χ2n) is 4.86. The van der Waals surface area contributed by atoms with Crippen LogP contribution in [-0.4, -0.2) is 38.3 Å². The van der Waals surface area contributed by atoms with Gasteiger partial charge in [0.15, 0.2) is 0 Å². The summed E-state index contributed by atoms with van der Waals surface area (Å²) in [5, 5.41) is 6.08. The fraction of sp³-hybridized carbons (Fsp3) is 0.917. The minimum atomic E-state index is 0.168. The summed E-state index contributed by atoms with van der Waals surface area (Å²) >= 11 is 0. The van der Waals surface area contributed by atoms with Crippen molar-refractivity contribution in [2.24, 2.45) is 5.92 Å². The van der Waals surface area contributed by atoms with Gasteiger partial charge in [-0.15, -0.1) is 0 Å². The molecule has 16 heavy (non-hydrogen) atoms. The van der Waals surface area contributed by atoms with Crippen molar-refractivity contribution in [3.8, 4) is 0 Å². The molecule has 4 heteroatoms. The molecule has 0 atom stereocenters. The molecule has 92 valence electrons. The van der Waals surface area contributed by atoms with E-state index in [1.54, 1.807) is 0 Å². The molecule has 1 aliphatic carbocycles. The van der Waals surface area contributed by atoms with Crippen LogP contribution in [0.2, 0.25) is 0 Å². The lowest BCUT2D eigenvalue weighted by molar-refractivity contribution is -0.122. The van der Waals surface area contributed by atoms with Crippen LogP contribution in [0.4, 0.5) is 0 Å². The van der Waals surface area contributed by atoms with Crippen molar-refractivity contribution in [2.75, 3.05) is 26.2 Å². The molecule has 0 aromatic rings. The van der Waals surface area contributed by atoms with Crippen molar-refractivity contribution in [3.63, 3.8) is 0 Å². The minimum Gasteiger partial charge on any atom is -0.376 e. The molecule has 0 radical (unpaired) electrons. The van der Waals surface area contributed by atoms with Gasteiger partial charge in [-0.2, -0.15) is 0 Å². The lowest BCUT2D eigenvalue weighted by Gasteiger charge is -2.26. The van der Waals surface area contributed by atoms with Gasteiger partial charge >= 0.3 is 0 Å². The van der Waals surface area contributed by atoms with E-state index in [0.717, 1.165) is 13.1 Å². The van der Waals surface area contributed by atoms with Crippen LogP contribution in [0.1, 0.15) is 32.1 Å². The molecule has 1 aliphatic heterocycles. The zero-order valence-electron chi connectivity index (χ0n) is 9.84. The van der Waals surface area contributed by atoms with Crippen LogP contribution in [0.5, 0.6) is 0 Å². The molecule has 0 bridgehead atoms. The van der Waals surface area contributed by atoms with Crippen LogP contribution in [0.15, 0.2) is 0 Å². The van der Waals surface area contributed by atoms with Crippen molar-refractivity contribution < 1.29 is 9.53 Å². The minimum absolute atomic E-state index is 0.168. The summed E-state index contributed by atoms with van der Waals surface area (Å²) in [5.74, 6) is 0.720. The van der Waals surface area contributed by atoms with Gasteiger partial charge in [0.2, 0.25) is 5.91 Å². The summed E-state index contributed by atoms with van der Waals surface area (Å²) in [6, 6.07) is 0. The second kappa shape index (κ2) is 6.21. The summed E-state index contributed by atoms with van der Waals surface area (Å²) in [7, 11) is 0. The van der Waals surface area contributed by atoms with Gasteiger partial charge in [0.25, 0.3) is 0 Å². The summed E-state index contributed by atoms with van der Waals surface area (Å²) in [4.78, 5) is 11.4. The van der Waals surface area contributed by atoms with Crippen LogP contribution >= 0.6 is 0 Å². The number of hydrogen-bond acceptors (Lipinski definition) is 3. The maximum Gasteiger partial charge on any atom is 0.220 e. The summed E-state index contributed by atoms with van der Waals surface area (Å²) in [6.45, 7) is 3.31. The van der Waals surface area contributed by atoms with E-state index in [-0.39, 0.29) is 5.91 Å². The van der Waals surface area contributed by atoms with Crippen molar-refractivity contribution in [3.05, 3.63) is 0 Å². The highest BCUT2D eigenvalue weighted by Crippen LogP contribution is 2.20. The molecule has 1 saturated heterocycles. The fourth-order valence-electron chi connectivity index (χ4n) is 2.30. The van der Waals surface area contributed by atoms with Crippen LogP contribution in [0.3, 0.4) is 0 Å². The Balaban J connectivity index is 1.45. The maximum atomic E-state index is 11.4. The van der Waals surface area contributed by atoms with Gasteiger partial charge in [-0.3, -0.25) is 4.79 Å². The number of carbonyl (C=O) groups is 1. The zero-order chi connectivity index (χ0) is 11.2. The standard InChI is InChI=1S/C12H22N2O2/c15-12(7-10-8-13-9-10)14-5-6-16-11-3-1-2-4-11/h10-11,13H,1-9H2,(H,14,15). The molecule has 2 N–H and O–H groups in total. The molecule has 1 saturated carbocycles. The molecule has 0 aromatic carbocycles. The first-order valence-corrected chi connectivity index (χ1v) is 6.43. The monoisotopic (exact) mass is 226 g/mol. The number of carbonyl (C=O) groups excluding carboxylic acids is 1. The number of rotatable bonds is 6. The van der Waals surface area contributed by atoms with Crippen molar-refractivity contribution in [1.29, 1.82) is 0 Å². The molecule has 0 unspecified atom stereocenters. The van der Waals surface area contributed by atoms with Gasteiger partial charge in [-0.05, 0) is 31.8 Å². The van der Waals surface area contributed by atoms with Gasteiger partial charge in [0, 0.05) is 13.0 Å². The number of hydrogen-bond donors (Lipinski definition) is 2. The molecular weight excluding hydrogens is 204 g/mol. The highest BCUT2D eigenvalue weighted by Gasteiger charge is 2.20. The largest absolute Gasteiger partial charge is 0.376 e. The lowest BCUT2D eigenvalue weighted by Crippen LogP contribution is -2.44. The van der Waals surface area contributed by atoms with Crippen molar-refractivity contribution in [1.82, 2.24) is 10.6 Å². The van der Waals surface area contributed by atoms with Crippen LogP contribution in [0, 0.1) is 5.92 Å². The smallest absolute Gasteiger partial charge is 0.220 e. The number of ether oxygens (including phenoxy) is 1. The quantitative estimate of drug-likeness (QED) is 0.655. The first-order chi connectivity index (χ1) is 7.84. The second-order valence-corrected chi connectivity index (χ2v) is 4.86. The Kier molecular flexibility index (Phi) is 4.60. The van der Waals surface area contributed by atoms with E-state index in [1.807, 2.05) is 0 Å². The van der Waals surface area contributed by atoms with E-state index in [9.17, 15) is 4.79 Å². The molecule has 0 spiro atoms. The SMILES string of the molecule is O=C(CC1CNC1)NCCOC1CCCC1. The molecule has 0 aromatic heterocycles. The Morgan fingerprint density at radius 1 is 1.31 bits per heavy atom. The average Bonchev–Trinajstić information content (AvgIpc) is 2.71. The zero-order valence-corrected chi connectivity index (χ0v) is 9.84. The third-order valence-corrected chi connectivity index (χ3v) is 3.42. The van der Waals surface area contributed by atoms with E-state index >= 15 is 0 Å². The first kappa shape index (κ1) is 11.9. The van der Waals surface area contributed by atoms with Crippen LogP contribution in [0.25, 0.3) is 0 Å². The lowest BCUT2D eigenvalue weighted by atomic mass is 9.99. The van der Waals surface area contributed by atoms with E-state index in [2.05, 4.69) is 10.6 Å². The van der Waals surface area contributed by atoms with Gasteiger partial charge in [0.1, 0.15) is 0 Å². The highest BCUT2D eigenvalue weighted by atomic mass is 16.5. The van der Waals surface area contributed by atoms with Crippen molar-refractivity contribution in [2.45, 2.75) is 38.2 Å². The van der Waals surface area contributed by atoms with Crippen LogP contribution in [-0.2, 0) is 9.53 Å². The van der Waals surface area contributed by atoms with Gasteiger partial charge in [-0.25, -0.2) is 0 Å². The van der Waals surface area contributed by atoms with Gasteiger partial charge in [0.05, 0.1) is 12.7 Å². The molecule has 1 amide bonds. The summed E-state index contributed by atoms with van der Waals surface area (Å²) in [5.41, 5.74) is 0. The van der Waals surface area contributed by atoms with Gasteiger partial charge in [-0.1, -0.05) is 12.8 Å². The molecular formula is C12H22N2O2. The van der Waals surface area contributed by atoms with E-state index in [0.29, 0.717) is 31.6 Å². The van der Waals surface area contributed by atoms with E-state index in [1.165, 1.54) is 25.7 Å². The molecule has 2 aliphatic rings. The molecule has 4 nitrogen and oxygen atoms in total. The average molecular weight is 226 g/mol. The first-order valence-electron chi connectivity index (χ1n) is 6.43. The predicted molar refractivity (Wildman–Crippen MR) is 62.2 cm³/mol. The van der Waals surface area contributed by atoms with Crippen molar-refractivity contribution >= 4 is 5.91 Å². The number of amides is 1. The third kappa shape index (κ3) is 3.76. The summed E-state index contributed by atoms with van der Waals surface area (Å²) < 4.78 is 5.67. The Hall–Kier alpha value is -0.610. The fourth-order valence-corrected chi connectivity index (χ4v) is 2.30. The Labute approximate surface area is 97.1 Å². The van der Waals surface area contributed by atoms with Crippen LogP contribution < -0.4 is 10.6 Å². The number of nitrogens with one attached hydrogen (secondary N) is 2. The third-order valence-electron chi connectivity index (χ3n) is 3.42. The maximum absolute atomic E-state index is 11.4. The Bertz CT molecular complexity index is 223. The molecule has 2 rings (SSSR count). The Morgan fingerprint density at radius 2 is 2.06 bits per heavy atom. The topological polar surface area (TPSA) is 50.4 Å². The summed E-state index contributed by atoms with van der Waals surface area (Å²) in [6.07, 6.45) is 6.10. The predicted octanol–water partition coefficient (Wildman–Crippen LogP) is 0.671. The van der Waals surface area contributed by atoms with E-state index in [4.69, 9.17) is 4.74 Å².